The van der Waals surface area contributed by atoms with Crippen LogP contribution in [0.4, 0.5) is 4.79 Å². The van der Waals surface area contributed by atoms with Gasteiger partial charge in [-0.3, -0.25) is 0 Å². The number of nitrogens with one attached hydrogen (secondary N) is 1. The minimum absolute atomic E-state index is 0.195. The lowest BCUT2D eigenvalue weighted by atomic mass is 9.87. The van der Waals surface area contributed by atoms with E-state index < -0.39 is 0 Å². The zero-order valence-electron chi connectivity index (χ0n) is 16.8. The molecular weight excluding hydrogens is 366 g/mol. The highest BCUT2D eigenvalue weighted by atomic mass is 16.5. The number of rotatable bonds is 3. The molecule has 1 atom stereocenters. The molecule has 0 aliphatic carbocycles. The fourth-order valence-electron chi connectivity index (χ4n) is 4.98. The largest absolute Gasteiger partial charge is 0.384 e. The number of methoxy groups -OCH3 is 1. The summed E-state index contributed by atoms with van der Waals surface area (Å²) in [5.41, 5.74) is 3.18. The van der Waals surface area contributed by atoms with Crippen LogP contribution in [0.2, 0.25) is 0 Å². The number of urea groups is 1. The van der Waals surface area contributed by atoms with Crippen LogP contribution < -0.4 is 0 Å². The molecule has 1 unspecified atom stereocenters. The molecule has 2 aliphatic heterocycles. The fraction of sp³-hybridized carbons (Fsp3) is 0.500. The van der Waals surface area contributed by atoms with Gasteiger partial charge in [0.05, 0.1) is 18.3 Å². The normalized spacial score (nSPS) is 20.8. The second-order valence-electron chi connectivity index (χ2n) is 8.26. The van der Waals surface area contributed by atoms with Crippen LogP contribution in [0.3, 0.4) is 0 Å². The molecule has 0 radical (unpaired) electrons. The Hall–Kier alpha value is -2.67. The Morgan fingerprint density at radius 1 is 1.17 bits per heavy atom. The lowest BCUT2D eigenvalue weighted by Gasteiger charge is -2.35. The minimum Gasteiger partial charge on any atom is -0.384 e. The lowest BCUT2D eigenvalue weighted by molar-refractivity contribution is 0.136. The third kappa shape index (κ3) is 3.33. The number of aromatic nitrogens is 3. The molecule has 2 amide bonds. The highest BCUT2D eigenvalue weighted by Crippen LogP contribution is 2.35. The van der Waals surface area contributed by atoms with Gasteiger partial charge in [-0.2, -0.15) is 0 Å². The number of piperidine rings is 1. The second-order valence-corrected chi connectivity index (χ2v) is 8.26. The van der Waals surface area contributed by atoms with Crippen molar-refractivity contribution in [3.8, 4) is 0 Å². The first-order chi connectivity index (χ1) is 14.2. The third-order valence-electron chi connectivity index (χ3n) is 6.49. The highest BCUT2D eigenvalue weighted by molar-refractivity contribution is 6.05. The van der Waals surface area contributed by atoms with Crippen molar-refractivity contribution in [3.63, 3.8) is 0 Å². The van der Waals surface area contributed by atoms with Gasteiger partial charge >= 0.3 is 6.03 Å². The Morgan fingerprint density at radius 2 is 2.00 bits per heavy atom. The van der Waals surface area contributed by atoms with Gasteiger partial charge in [0.25, 0.3) is 0 Å². The van der Waals surface area contributed by atoms with Crippen LogP contribution in [0, 0.1) is 5.92 Å². The van der Waals surface area contributed by atoms with Gasteiger partial charge in [0.15, 0.2) is 5.65 Å². The summed E-state index contributed by atoms with van der Waals surface area (Å²) in [6.07, 6.45) is 8.70. The Bertz CT molecular complexity index is 1020. The van der Waals surface area contributed by atoms with Crippen molar-refractivity contribution in [2.75, 3.05) is 39.9 Å². The van der Waals surface area contributed by atoms with Crippen LogP contribution in [-0.4, -0.2) is 70.7 Å². The van der Waals surface area contributed by atoms with E-state index in [1.165, 1.54) is 10.9 Å². The van der Waals surface area contributed by atoms with Gasteiger partial charge in [0.1, 0.15) is 0 Å². The Labute approximate surface area is 170 Å². The van der Waals surface area contributed by atoms with E-state index in [0.29, 0.717) is 11.8 Å². The molecule has 0 spiro atoms. The number of fused-ring (bicyclic) bond motifs is 3. The summed E-state index contributed by atoms with van der Waals surface area (Å²) in [4.78, 5) is 29.1. The van der Waals surface area contributed by atoms with Gasteiger partial charge in [-0.05, 0) is 42.9 Å². The number of ether oxygens (including phenoxy) is 1. The summed E-state index contributed by atoms with van der Waals surface area (Å²) in [6.45, 7) is 4.02. The molecule has 3 aromatic heterocycles. The quantitative estimate of drug-likeness (QED) is 0.740. The molecular formula is C22H27N5O2. The number of H-pyrrole nitrogens is 1. The Morgan fingerprint density at radius 3 is 2.83 bits per heavy atom. The molecule has 7 nitrogen and oxygen atoms in total. The maximum absolute atomic E-state index is 12.9. The number of hydrogen-bond donors (Lipinski definition) is 1. The summed E-state index contributed by atoms with van der Waals surface area (Å²) >= 11 is 0. The van der Waals surface area contributed by atoms with Gasteiger partial charge in [-0.25, -0.2) is 14.8 Å². The maximum Gasteiger partial charge on any atom is 0.320 e. The molecule has 3 aromatic rings. The topological polar surface area (TPSA) is 74.3 Å². The van der Waals surface area contributed by atoms with Crippen LogP contribution in [0.5, 0.6) is 0 Å². The Kier molecular flexibility index (Phi) is 4.83. The van der Waals surface area contributed by atoms with Crippen LogP contribution in [0.25, 0.3) is 21.9 Å². The highest BCUT2D eigenvalue weighted by Gasteiger charge is 2.32. The maximum atomic E-state index is 12.9. The van der Waals surface area contributed by atoms with Gasteiger partial charge in [-0.15, -0.1) is 0 Å². The number of pyridine rings is 2. The van der Waals surface area contributed by atoms with Crippen LogP contribution >= 0.6 is 0 Å². The number of carbonyl (C=O) groups is 1. The van der Waals surface area contributed by atoms with Crippen LogP contribution in [0.15, 0.2) is 30.7 Å². The average Bonchev–Trinajstić information content (AvgIpc) is 3.43. The van der Waals surface area contributed by atoms with Gasteiger partial charge in [0.2, 0.25) is 0 Å². The molecule has 0 bridgehead atoms. The van der Waals surface area contributed by atoms with Crippen molar-refractivity contribution in [3.05, 3.63) is 36.3 Å². The van der Waals surface area contributed by atoms with E-state index >= 15 is 0 Å². The van der Waals surface area contributed by atoms with Gasteiger partial charge in [-0.1, -0.05) is 0 Å². The molecule has 5 heterocycles. The standard InChI is InChI=1S/C22H27N5O2/c1-29-14-15-4-9-27(13-15)22(28)26-10-5-16(6-11-26)17-2-7-23-19-12-25-21-18(20(17)19)3-8-24-21/h2-3,7-8,12,15-16,23H,4-6,9-11,13-14H2,1H3. The molecule has 7 heteroatoms. The number of likely N-dealkylation sites (tertiary alicyclic amines) is 2. The predicted molar refractivity (Wildman–Crippen MR) is 112 cm³/mol. The summed E-state index contributed by atoms with van der Waals surface area (Å²) in [6, 6.07) is 4.43. The summed E-state index contributed by atoms with van der Waals surface area (Å²) in [5.74, 6) is 0.916. The zero-order valence-corrected chi connectivity index (χ0v) is 16.8. The van der Waals surface area contributed by atoms with Crippen molar-refractivity contribution in [2.24, 2.45) is 5.92 Å². The summed E-state index contributed by atoms with van der Waals surface area (Å²) in [5, 5.41) is 2.33. The van der Waals surface area contributed by atoms with E-state index in [0.717, 1.165) is 68.6 Å². The van der Waals surface area contributed by atoms with E-state index in [9.17, 15) is 4.79 Å². The van der Waals surface area contributed by atoms with E-state index in [1.54, 1.807) is 7.11 Å². The van der Waals surface area contributed by atoms with E-state index in [1.807, 2.05) is 34.5 Å². The minimum atomic E-state index is 0.195. The van der Waals surface area contributed by atoms with Crippen molar-refractivity contribution >= 4 is 28.0 Å². The summed E-state index contributed by atoms with van der Waals surface area (Å²) in [7, 11) is 1.73. The van der Waals surface area contributed by atoms with E-state index in [-0.39, 0.29) is 6.03 Å². The second kappa shape index (κ2) is 7.63. The van der Waals surface area contributed by atoms with Crippen molar-refractivity contribution in [2.45, 2.75) is 25.2 Å². The number of amides is 2. The van der Waals surface area contributed by atoms with E-state index in [2.05, 4.69) is 21.0 Å². The molecule has 29 heavy (non-hydrogen) atoms. The van der Waals surface area contributed by atoms with Crippen molar-refractivity contribution < 1.29 is 9.53 Å². The molecule has 152 valence electrons. The number of aromatic amines is 1. The average molecular weight is 393 g/mol. The first-order valence-corrected chi connectivity index (χ1v) is 10.5. The number of hydrogen-bond acceptors (Lipinski definition) is 4. The van der Waals surface area contributed by atoms with Crippen LogP contribution in [0.1, 0.15) is 30.7 Å². The SMILES string of the molecule is COCC1CCN(C(=O)N2CCC(c3cc[nH]c4cnc5nccc5c34)CC2)C1. The number of carbonyl (C=O) groups excluding carboxylic acids is 1. The summed E-state index contributed by atoms with van der Waals surface area (Å²) < 4.78 is 5.26. The third-order valence-corrected chi connectivity index (χ3v) is 6.49. The predicted octanol–water partition coefficient (Wildman–Crippen LogP) is 3.38. The molecule has 2 aliphatic rings. The Balaban J connectivity index is 1.31. The van der Waals surface area contributed by atoms with E-state index in [4.69, 9.17) is 4.74 Å². The van der Waals surface area contributed by atoms with Gasteiger partial charge in [0, 0.05) is 62.4 Å². The molecule has 0 saturated carbocycles. The monoisotopic (exact) mass is 393 g/mol. The fourth-order valence-corrected chi connectivity index (χ4v) is 4.98. The number of nitrogens with zero attached hydrogens (tertiary/aromatic N) is 4. The smallest absolute Gasteiger partial charge is 0.320 e. The molecule has 0 aromatic carbocycles. The first-order valence-electron chi connectivity index (χ1n) is 10.5. The molecule has 1 N–H and O–H groups in total. The molecule has 2 saturated heterocycles. The zero-order chi connectivity index (χ0) is 19.8. The molecule has 2 fully saturated rings. The van der Waals surface area contributed by atoms with Gasteiger partial charge < -0.3 is 19.5 Å². The first kappa shape index (κ1) is 18.4. The lowest BCUT2D eigenvalue weighted by Crippen LogP contribution is -2.45. The van der Waals surface area contributed by atoms with Crippen molar-refractivity contribution in [1.82, 2.24) is 24.8 Å². The van der Waals surface area contributed by atoms with Crippen LogP contribution in [-0.2, 0) is 4.74 Å². The molecule has 5 rings (SSSR count). The van der Waals surface area contributed by atoms with Crippen molar-refractivity contribution in [1.29, 1.82) is 0 Å².